The summed E-state index contributed by atoms with van der Waals surface area (Å²) in [7, 11) is 1.83. The van der Waals surface area contributed by atoms with Crippen molar-refractivity contribution in [3.05, 3.63) is 21.3 Å². The van der Waals surface area contributed by atoms with Crippen LogP contribution in [0.5, 0.6) is 0 Å². The lowest BCUT2D eigenvalue weighted by molar-refractivity contribution is -0.143. The fourth-order valence-electron chi connectivity index (χ4n) is 1.66. The largest absolute Gasteiger partial charge is 0.480 e. The zero-order chi connectivity index (χ0) is 12.3. The standard InChI is InChI=1S/C11H16ClNO2S/c1-4-8(11(14)15)13(3)7(2)9-5-6-10(12)16-9/h5-8H,4H2,1-3H3,(H,14,15). The van der Waals surface area contributed by atoms with Gasteiger partial charge in [0, 0.05) is 10.9 Å². The van der Waals surface area contributed by atoms with Gasteiger partial charge in [0.25, 0.3) is 0 Å². The SMILES string of the molecule is CCC(C(=O)O)N(C)C(C)c1ccc(Cl)s1. The molecule has 1 rings (SSSR count). The second-order valence-electron chi connectivity index (χ2n) is 3.75. The van der Waals surface area contributed by atoms with Gasteiger partial charge in [0.15, 0.2) is 0 Å². The van der Waals surface area contributed by atoms with Crippen LogP contribution in [0.3, 0.4) is 0 Å². The van der Waals surface area contributed by atoms with Gasteiger partial charge < -0.3 is 5.11 Å². The third kappa shape index (κ3) is 2.97. The number of likely N-dealkylation sites (N-methyl/N-ethyl adjacent to an activating group) is 1. The van der Waals surface area contributed by atoms with E-state index >= 15 is 0 Å². The Balaban J connectivity index is 2.80. The van der Waals surface area contributed by atoms with Crippen LogP contribution in [-0.2, 0) is 4.79 Å². The zero-order valence-corrected chi connectivity index (χ0v) is 11.2. The monoisotopic (exact) mass is 261 g/mol. The van der Waals surface area contributed by atoms with E-state index < -0.39 is 12.0 Å². The summed E-state index contributed by atoms with van der Waals surface area (Å²) < 4.78 is 0.735. The smallest absolute Gasteiger partial charge is 0.320 e. The van der Waals surface area contributed by atoms with E-state index in [0.717, 1.165) is 9.21 Å². The molecule has 1 aromatic rings. The van der Waals surface area contributed by atoms with Crippen LogP contribution in [0.15, 0.2) is 12.1 Å². The quantitative estimate of drug-likeness (QED) is 0.885. The molecule has 0 saturated heterocycles. The van der Waals surface area contributed by atoms with Gasteiger partial charge >= 0.3 is 5.97 Å². The van der Waals surface area contributed by atoms with Crippen molar-refractivity contribution >= 4 is 28.9 Å². The van der Waals surface area contributed by atoms with E-state index in [1.807, 2.05) is 37.9 Å². The Morgan fingerprint density at radius 3 is 2.62 bits per heavy atom. The van der Waals surface area contributed by atoms with E-state index in [1.54, 1.807) is 0 Å². The van der Waals surface area contributed by atoms with Crippen LogP contribution < -0.4 is 0 Å². The lowest BCUT2D eigenvalue weighted by Gasteiger charge is -2.29. The first-order valence-corrected chi connectivity index (χ1v) is 6.36. The topological polar surface area (TPSA) is 40.5 Å². The molecule has 0 saturated carbocycles. The molecule has 0 bridgehead atoms. The van der Waals surface area contributed by atoms with Crippen molar-refractivity contribution in [3.63, 3.8) is 0 Å². The Morgan fingerprint density at radius 2 is 2.25 bits per heavy atom. The summed E-state index contributed by atoms with van der Waals surface area (Å²) in [6.45, 7) is 3.87. The predicted octanol–water partition coefficient (Wildman–Crippen LogP) is 3.26. The maximum atomic E-state index is 11.0. The first-order valence-electron chi connectivity index (χ1n) is 5.17. The Hall–Kier alpha value is -0.580. The Labute approximate surface area is 105 Å². The normalized spacial score (nSPS) is 15.1. The molecule has 3 nitrogen and oxygen atoms in total. The highest BCUT2D eigenvalue weighted by Gasteiger charge is 2.25. The lowest BCUT2D eigenvalue weighted by Crippen LogP contribution is -2.39. The maximum absolute atomic E-state index is 11.0. The molecule has 0 aliphatic heterocycles. The number of carboxylic acid groups (broad SMARTS) is 1. The second-order valence-corrected chi connectivity index (χ2v) is 5.49. The third-order valence-corrected chi connectivity index (χ3v) is 4.18. The molecule has 5 heteroatoms. The molecule has 16 heavy (non-hydrogen) atoms. The van der Waals surface area contributed by atoms with E-state index in [-0.39, 0.29) is 6.04 Å². The first kappa shape index (κ1) is 13.5. The molecule has 2 unspecified atom stereocenters. The molecule has 2 atom stereocenters. The van der Waals surface area contributed by atoms with Gasteiger partial charge in [-0.05, 0) is 32.5 Å². The molecule has 0 spiro atoms. The molecule has 0 radical (unpaired) electrons. The molecule has 0 amide bonds. The van der Waals surface area contributed by atoms with Crippen molar-refractivity contribution in [2.24, 2.45) is 0 Å². The molecular formula is C11H16ClNO2S. The molecule has 1 N–H and O–H groups in total. The van der Waals surface area contributed by atoms with Crippen LogP contribution in [0, 0.1) is 0 Å². The highest BCUT2D eigenvalue weighted by atomic mass is 35.5. The number of hydrogen-bond acceptors (Lipinski definition) is 3. The minimum Gasteiger partial charge on any atom is -0.480 e. The minimum absolute atomic E-state index is 0.0681. The lowest BCUT2D eigenvalue weighted by atomic mass is 10.1. The fraction of sp³-hybridized carbons (Fsp3) is 0.545. The minimum atomic E-state index is -0.778. The van der Waals surface area contributed by atoms with E-state index in [2.05, 4.69) is 0 Å². The van der Waals surface area contributed by atoms with Gasteiger partial charge in [-0.15, -0.1) is 11.3 Å². The number of carbonyl (C=O) groups is 1. The summed E-state index contributed by atoms with van der Waals surface area (Å²) in [5, 5.41) is 9.08. The number of hydrogen-bond donors (Lipinski definition) is 1. The fourth-order valence-corrected chi connectivity index (χ4v) is 2.82. The molecular weight excluding hydrogens is 246 g/mol. The summed E-state index contributed by atoms with van der Waals surface area (Å²) >= 11 is 7.36. The van der Waals surface area contributed by atoms with E-state index in [4.69, 9.17) is 16.7 Å². The van der Waals surface area contributed by atoms with Crippen LogP contribution in [0.25, 0.3) is 0 Å². The maximum Gasteiger partial charge on any atom is 0.320 e. The van der Waals surface area contributed by atoms with Crippen LogP contribution in [0.4, 0.5) is 0 Å². The number of thiophene rings is 1. The summed E-state index contributed by atoms with van der Waals surface area (Å²) in [6.07, 6.45) is 0.593. The number of rotatable bonds is 5. The highest BCUT2D eigenvalue weighted by molar-refractivity contribution is 7.16. The van der Waals surface area contributed by atoms with Crippen LogP contribution in [0.2, 0.25) is 4.34 Å². The predicted molar refractivity (Wildman–Crippen MR) is 67.2 cm³/mol. The van der Waals surface area contributed by atoms with Crippen molar-refractivity contribution in [1.29, 1.82) is 0 Å². The summed E-state index contributed by atoms with van der Waals surface area (Å²) in [5.41, 5.74) is 0. The molecule has 0 fully saturated rings. The zero-order valence-electron chi connectivity index (χ0n) is 9.61. The van der Waals surface area contributed by atoms with Crippen molar-refractivity contribution in [2.75, 3.05) is 7.05 Å². The molecule has 0 aliphatic rings. The van der Waals surface area contributed by atoms with Crippen molar-refractivity contribution in [3.8, 4) is 0 Å². The van der Waals surface area contributed by atoms with E-state index in [9.17, 15) is 4.79 Å². The van der Waals surface area contributed by atoms with Crippen molar-refractivity contribution < 1.29 is 9.90 Å². The summed E-state index contributed by atoms with van der Waals surface area (Å²) in [6, 6.07) is 3.41. The second kappa shape index (κ2) is 5.66. The third-order valence-electron chi connectivity index (χ3n) is 2.78. The van der Waals surface area contributed by atoms with Gasteiger partial charge in [-0.2, -0.15) is 0 Å². The van der Waals surface area contributed by atoms with E-state index in [0.29, 0.717) is 6.42 Å². The number of carboxylic acids is 1. The average Bonchev–Trinajstić information content (AvgIpc) is 2.64. The van der Waals surface area contributed by atoms with Gasteiger partial charge in [0.2, 0.25) is 0 Å². The molecule has 0 aromatic carbocycles. The van der Waals surface area contributed by atoms with Gasteiger partial charge in [-0.25, -0.2) is 0 Å². The van der Waals surface area contributed by atoms with Crippen molar-refractivity contribution in [2.45, 2.75) is 32.4 Å². The van der Waals surface area contributed by atoms with Crippen LogP contribution in [0.1, 0.15) is 31.2 Å². The Bertz CT molecular complexity index is 367. The van der Waals surface area contributed by atoms with Crippen LogP contribution in [-0.4, -0.2) is 29.1 Å². The molecule has 1 aromatic heterocycles. The Kier molecular flexibility index (Phi) is 4.77. The highest BCUT2D eigenvalue weighted by Crippen LogP contribution is 2.30. The van der Waals surface area contributed by atoms with Gasteiger partial charge in [0.05, 0.1) is 4.34 Å². The average molecular weight is 262 g/mol. The van der Waals surface area contributed by atoms with Crippen molar-refractivity contribution in [1.82, 2.24) is 4.90 Å². The van der Waals surface area contributed by atoms with E-state index in [1.165, 1.54) is 11.3 Å². The summed E-state index contributed by atoms with van der Waals surface area (Å²) in [4.78, 5) is 14.0. The molecule has 90 valence electrons. The first-order chi connectivity index (χ1) is 7.47. The Morgan fingerprint density at radius 1 is 1.62 bits per heavy atom. The van der Waals surface area contributed by atoms with Gasteiger partial charge in [-0.3, -0.25) is 9.69 Å². The molecule has 0 aliphatic carbocycles. The van der Waals surface area contributed by atoms with Gasteiger partial charge in [0.1, 0.15) is 6.04 Å². The molecule has 1 heterocycles. The summed E-state index contributed by atoms with van der Waals surface area (Å²) in [5.74, 6) is -0.778. The number of halogens is 1. The van der Waals surface area contributed by atoms with Gasteiger partial charge in [-0.1, -0.05) is 18.5 Å². The number of nitrogens with zero attached hydrogens (tertiary/aromatic N) is 1. The van der Waals surface area contributed by atoms with Crippen LogP contribution >= 0.6 is 22.9 Å². The number of aliphatic carboxylic acids is 1.